The molecular formula is C19H23FN4O4. The molecule has 2 aliphatic rings. The molecule has 150 valence electrons. The van der Waals surface area contributed by atoms with Gasteiger partial charge in [-0.25, -0.2) is 4.39 Å². The van der Waals surface area contributed by atoms with Crippen LogP contribution in [0, 0.1) is 29.5 Å². The lowest BCUT2D eigenvalue weighted by Crippen LogP contribution is -2.53. The van der Waals surface area contributed by atoms with E-state index in [0.29, 0.717) is 19.5 Å². The van der Waals surface area contributed by atoms with Crippen molar-refractivity contribution < 1.29 is 23.6 Å². The summed E-state index contributed by atoms with van der Waals surface area (Å²) < 4.78 is 13.0. The number of fused-ring (bicyclic) bond motifs is 1. The number of hydrogen-bond acceptors (Lipinski definition) is 4. The van der Waals surface area contributed by atoms with Crippen LogP contribution in [-0.4, -0.2) is 47.7 Å². The molecule has 5 N–H and O–H groups in total. The van der Waals surface area contributed by atoms with Crippen LogP contribution < -0.4 is 16.8 Å². The number of nitrogens with zero attached hydrogens (tertiary/aromatic N) is 1. The molecule has 0 bridgehead atoms. The zero-order valence-electron chi connectivity index (χ0n) is 15.4. The molecule has 9 heteroatoms. The molecule has 1 saturated carbocycles. The van der Waals surface area contributed by atoms with Gasteiger partial charge in [0.2, 0.25) is 23.6 Å². The Hall–Kier alpha value is -2.97. The third-order valence-electron chi connectivity index (χ3n) is 5.54. The maximum absolute atomic E-state index is 13.0. The second-order valence-electron chi connectivity index (χ2n) is 7.57. The Morgan fingerprint density at radius 1 is 1.11 bits per heavy atom. The fraction of sp³-hybridized carbons (Fsp3) is 0.474. The molecule has 0 aromatic heterocycles. The zero-order valence-corrected chi connectivity index (χ0v) is 15.4. The van der Waals surface area contributed by atoms with Crippen molar-refractivity contribution in [1.29, 1.82) is 0 Å². The molecular weight excluding hydrogens is 367 g/mol. The Kier molecular flexibility index (Phi) is 5.35. The fourth-order valence-corrected chi connectivity index (χ4v) is 3.99. The minimum absolute atomic E-state index is 0.00312. The number of rotatable bonds is 7. The van der Waals surface area contributed by atoms with Crippen LogP contribution in [0.3, 0.4) is 0 Å². The minimum atomic E-state index is -1.53. The molecule has 1 aliphatic carbocycles. The number of amides is 4. The molecule has 1 saturated heterocycles. The highest BCUT2D eigenvalue weighted by molar-refractivity contribution is 6.06. The summed E-state index contributed by atoms with van der Waals surface area (Å²) in [7, 11) is 0. The monoisotopic (exact) mass is 390 g/mol. The third kappa shape index (κ3) is 3.97. The van der Waals surface area contributed by atoms with E-state index >= 15 is 0 Å². The maximum Gasteiger partial charge on any atom is 0.249 e. The van der Waals surface area contributed by atoms with Crippen LogP contribution in [0.1, 0.15) is 12.5 Å². The predicted octanol–water partition coefficient (Wildman–Crippen LogP) is -0.836. The largest absolute Gasteiger partial charge is 0.367 e. The summed E-state index contributed by atoms with van der Waals surface area (Å²) in [4.78, 5) is 49.0. The van der Waals surface area contributed by atoms with Crippen molar-refractivity contribution in [3.8, 4) is 0 Å². The molecule has 4 atom stereocenters. The first-order chi connectivity index (χ1) is 13.2. The Balaban J connectivity index is 1.50. The van der Waals surface area contributed by atoms with Crippen molar-refractivity contribution in [2.45, 2.75) is 19.4 Å². The van der Waals surface area contributed by atoms with Crippen LogP contribution >= 0.6 is 0 Å². The van der Waals surface area contributed by atoms with Crippen molar-refractivity contribution in [1.82, 2.24) is 10.2 Å². The first kappa shape index (κ1) is 19.8. The van der Waals surface area contributed by atoms with Gasteiger partial charge in [0.05, 0.1) is 0 Å². The van der Waals surface area contributed by atoms with E-state index in [1.165, 1.54) is 12.1 Å². The van der Waals surface area contributed by atoms with E-state index in [2.05, 4.69) is 5.32 Å². The van der Waals surface area contributed by atoms with Crippen LogP contribution in [0.5, 0.6) is 0 Å². The van der Waals surface area contributed by atoms with Gasteiger partial charge >= 0.3 is 0 Å². The van der Waals surface area contributed by atoms with Gasteiger partial charge in [-0.1, -0.05) is 19.1 Å². The first-order valence-electron chi connectivity index (χ1n) is 9.11. The van der Waals surface area contributed by atoms with Gasteiger partial charge in [0, 0.05) is 24.9 Å². The SMILES string of the molecule is CC(Cc1ccc(F)cc1)C(=O)N1C[C@@H]2C(C(=O)NC(C(N)=O)C(N)=O)[C@@H]2C1. The molecule has 1 aromatic rings. The molecule has 1 aromatic carbocycles. The summed E-state index contributed by atoms with van der Waals surface area (Å²) in [5.74, 6) is -3.38. The van der Waals surface area contributed by atoms with E-state index in [1.54, 1.807) is 17.0 Å². The normalized spacial score (nSPS) is 23.8. The third-order valence-corrected chi connectivity index (χ3v) is 5.54. The smallest absolute Gasteiger partial charge is 0.249 e. The van der Waals surface area contributed by atoms with Crippen LogP contribution in [0.2, 0.25) is 0 Å². The van der Waals surface area contributed by atoms with Crippen molar-refractivity contribution in [3.05, 3.63) is 35.6 Å². The zero-order chi connectivity index (χ0) is 20.6. The second-order valence-corrected chi connectivity index (χ2v) is 7.57. The Bertz CT molecular complexity index is 787. The van der Waals surface area contributed by atoms with Crippen LogP contribution in [-0.2, 0) is 25.6 Å². The van der Waals surface area contributed by atoms with E-state index in [4.69, 9.17) is 11.5 Å². The fourth-order valence-electron chi connectivity index (χ4n) is 3.99. The van der Waals surface area contributed by atoms with E-state index in [0.717, 1.165) is 5.56 Å². The number of likely N-dealkylation sites (tertiary alicyclic amines) is 1. The number of nitrogens with one attached hydrogen (secondary N) is 1. The number of halogens is 1. The second kappa shape index (κ2) is 7.57. The highest BCUT2D eigenvalue weighted by atomic mass is 19.1. The number of primary amides is 2. The number of benzene rings is 1. The molecule has 3 rings (SSSR count). The highest BCUT2D eigenvalue weighted by Crippen LogP contribution is 2.52. The summed E-state index contributed by atoms with van der Waals surface area (Å²) in [6.07, 6.45) is 0.508. The molecule has 0 radical (unpaired) electrons. The van der Waals surface area contributed by atoms with Gasteiger partial charge < -0.3 is 21.7 Å². The minimum Gasteiger partial charge on any atom is -0.367 e. The standard InChI is InChI=1S/C19H23FN4O4/c1-9(6-10-2-4-11(20)5-3-10)19(28)24-7-12-13(8-24)14(12)18(27)23-15(16(21)25)17(22)26/h2-5,9,12-15H,6-8H2,1H3,(H2,21,25)(H2,22,26)(H,23,27)/t9?,12-,13+,14?. The van der Waals surface area contributed by atoms with Crippen LogP contribution in [0.25, 0.3) is 0 Å². The van der Waals surface area contributed by atoms with Crippen molar-refractivity contribution >= 4 is 23.6 Å². The number of carbonyl (C=O) groups excluding carboxylic acids is 4. The summed E-state index contributed by atoms with van der Waals surface area (Å²) in [5.41, 5.74) is 11.0. The van der Waals surface area contributed by atoms with Crippen LogP contribution in [0.15, 0.2) is 24.3 Å². The molecule has 28 heavy (non-hydrogen) atoms. The van der Waals surface area contributed by atoms with E-state index in [1.807, 2.05) is 6.92 Å². The van der Waals surface area contributed by atoms with Gasteiger partial charge in [0.15, 0.2) is 6.04 Å². The quantitative estimate of drug-likeness (QED) is 0.523. The summed E-state index contributed by atoms with van der Waals surface area (Å²) in [6, 6.07) is 4.53. The molecule has 4 amide bonds. The van der Waals surface area contributed by atoms with Gasteiger partial charge in [0.25, 0.3) is 0 Å². The molecule has 1 heterocycles. The summed E-state index contributed by atoms with van der Waals surface area (Å²) in [5, 5.41) is 2.29. The Morgan fingerprint density at radius 3 is 2.14 bits per heavy atom. The molecule has 8 nitrogen and oxygen atoms in total. The molecule has 1 aliphatic heterocycles. The maximum atomic E-state index is 13.0. The molecule has 2 unspecified atom stereocenters. The van der Waals surface area contributed by atoms with E-state index < -0.39 is 23.8 Å². The van der Waals surface area contributed by atoms with Gasteiger partial charge in [-0.15, -0.1) is 0 Å². The van der Waals surface area contributed by atoms with E-state index in [9.17, 15) is 23.6 Å². The lowest BCUT2D eigenvalue weighted by atomic mass is 9.99. The van der Waals surface area contributed by atoms with Gasteiger partial charge in [-0.3, -0.25) is 19.2 Å². The number of hydrogen-bond donors (Lipinski definition) is 3. The average Bonchev–Trinajstić information content (AvgIpc) is 3.14. The lowest BCUT2D eigenvalue weighted by Gasteiger charge is -2.24. The lowest BCUT2D eigenvalue weighted by molar-refractivity contribution is -0.136. The van der Waals surface area contributed by atoms with Crippen molar-refractivity contribution in [3.63, 3.8) is 0 Å². The Morgan fingerprint density at radius 2 is 1.64 bits per heavy atom. The van der Waals surface area contributed by atoms with E-state index in [-0.39, 0.29) is 35.4 Å². The molecule has 2 fully saturated rings. The average molecular weight is 390 g/mol. The molecule has 0 spiro atoms. The summed E-state index contributed by atoms with van der Waals surface area (Å²) in [6.45, 7) is 2.73. The predicted molar refractivity (Wildman–Crippen MR) is 96.6 cm³/mol. The first-order valence-corrected chi connectivity index (χ1v) is 9.11. The van der Waals surface area contributed by atoms with Gasteiger partial charge in [0.1, 0.15) is 5.82 Å². The number of nitrogens with two attached hydrogens (primary N) is 2. The summed E-state index contributed by atoms with van der Waals surface area (Å²) >= 11 is 0. The Labute approximate surface area is 161 Å². The van der Waals surface area contributed by atoms with Gasteiger partial charge in [-0.05, 0) is 36.0 Å². The topological polar surface area (TPSA) is 136 Å². The van der Waals surface area contributed by atoms with Crippen molar-refractivity contribution in [2.75, 3.05) is 13.1 Å². The van der Waals surface area contributed by atoms with Crippen molar-refractivity contribution in [2.24, 2.45) is 35.1 Å². The number of carbonyl (C=O) groups is 4. The number of piperidine rings is 1. The highest BCUT2D eigenvalue weighted by Gasteiger charge is 2.60. The van der Waals surface area contributed by atoms with Gasteiger partial charge in [-0.2, -0.15) is 0 Å². The van der Waals surface area contributed by atoms with Crippen LogP contribution in [0.4, 0.5) is 4.39 Å².